The molecule has 1 aromatic heterocycles. The zero-order valence-corrected chi connectivity index (χ0v) is 11.8. The Morgan fingerprint density at radius 3 is 2.78 bits per heavy atom. The molecule has 1 heterocycles. The van der Waals surface area contributed by atoms with E-state index >= 15 is 0 Å². The van der Waals surface area contributed by atoms with Crippen molar-refractivity contribution >= 4 is 0 Å². The molecule has 0 radical (unpaired) electrons. The average molecular weight is 247 g/mol. The second-order valence-corrected chi connectivity index (χ2v) is 5.95. The van der Waals surface area contributed by atoms with E-state index in [0.717, 1.165) is 25.0 Å². The van der Waals surface area contributed by atoms with Crippen molar-refractivity contribution < 1.29 is 5.11 Å². The van der Waals surface area contributed by atoms with Crippen LogP contribution in [-0.2, 0) is 12.8 Å². The molecule has 0 spiro atoms. The van der Waals surface area contributed by atoms with Crippen LogP contribution in [-0.4, -0.2) is 15.7 Å². The molecule has 0 aromatic carbocycles. The molecule has 18 heavy (non-hydrogen) atoms. The van der Waals surface area contributed by atoms with Crippen LogP contribution in [0.1, 0.15) is 51.3 Å². The Morgan fingerprint density at radius 2 is 2.17 bits per heavy atom. The van der Waals surface area contributed by atoms with E-state index in [1.165, 1.54) is 12.0 Å². The lowest BCUT2D eigenvalue weighted by atomic mass is 9.69. The van der Waals surface area contributed by atoms with Gasteiger partial charge in [0.25, 0.3) is 0 Å². The molecule has 2 heteroatoms. The number of aliphatic hydroxyl groups is 1. The van der Waals surface area contributed by atoms with Crippen LogP contribution in [0.4, 0.5) is 0 Å². The molecular weight excluding hydrogens is 222 g/mol. The molecule has 0 saturated heterocycles. The fourth-order valence-corrected chi connectivity index (χ4v) is 3.07. The smallest absolute Gasteiger partial charge is 0.0730 e. The van der Waals surface area contributed by atoms with Gasteiger partial charge in [0.1, 0.15) is 0 Å². The third-order valence-electron chi connectivity index (χ3n) is 4.75. The highest BCUT2D eigenvalue weighted by atomic mass is 16.3. The summed E-state index contributed by atoms with van der Waals surface area (Å²) in [6, 6.07) is 4.20. The third-order valence-corrected chi connectivity index (χ3v) is 4.75. The zero-order valence-electron chi connectivity index (χ0n) is 11.8. The Bertz CT molecular complexity index is 387. The normalized spacial score (nSPS) is 32.4. The zero-order chi connectivity index (χ0) is 13.2. The lowest BCUT2D eigenvalue weighted by Crippen LogP contribution is -2.45. The molecule has 2 rings (SSSR count). The first-order valence-electron chi connectivity index (χ1n) is 7.21. The molecule has 1 saturated carbocycles. The minimum absolute atomic E-state index is 0.360. The first-order valence-corrected chi connectivity index (χ1v) is 7.21. The van der Waals surface area contributed by atoms with Crippen LogP contribution < -0.4 is 0 Å². The van der Waals surface area contributed by atoms with Gasteiger partial charge in [0.15, 0.2) is 0 Å². The minimum Gasteiger partial charge on any atom is -0.389 e. The van der Waals surface area contributed by atoms with Gasteiger partial charge in [-0.05, 0) is 36.3 Å². The van der Waals surface area contributed by atoms with Crippen molar-refractivity contribution in [1.29, 1.82) is 0 Å². The van der Waals surface area contributed by atoms with E-state index in [1.807, 2.05) is 6.20 Å². The Morgan fingerprint density at radius 1 is 1.39 bits per heavy atom. The molecule has 100 valence electrons. The van der Waals surface area contributed by atoms with Gasteiger partial charge in [-0.1, -0.05) is 39.7 Å². The highest BCUT2D eigenvalue weighted by Gasteiger charge is 2.39. The molecule has 3 unspecified atom stereocenters. The fourth-order valence-electron chi connectivity index (χ4n) is 3.07. The van der Waals surface area contributed by atoms with Gasteiger partial charge >= 0.3 is 0 Å². The van der Waals surface area contributed by atoms with E-state index in [1.54, 1.807) is 0 Å². The minimum atomic E-state index is -0.557. The van der Waals surface area contributed by atoms with Gasteiger partial charge in [0.2, 0.25) is 0 Å². The van der Waals surface area contributed by atoms with Crippen LogP contribution in [0.15, 0.2) is 18.3 Å². The van der Waals surface area contributed by atoms with Crippen LogP contribution in [0.3, 0.4) is 0 Å². The summed E-state index contributed by atoms with van der Waals surface area (Å²) in [5.74, 6) is 0.970. The van der Waals surface area contributed by atoms with E-state index in [9.17, 15) is 5.11 Å². The third kappa shape index (κ3) is 2.74. The summed E-state index contributed by atoms with van der Waals surface area (Å²) in [6.45, 7) is 6.57. The number of pyridine rings is 1. The molecule has 1 N–H and O–H groups in total. The monoisotopic (exact) mass is 247 g/mol. The summed E-state index contributed by atoms with van der Waals surface area (Å²) in [6.07, 6.45) is 6.94. The van der Waals surface area contributed by atoms with Crippen molar-refractivity contribution in [2.75, 3.05) is 0 Å². The SMILES string of the molecule is CCc1ccc(CC2(O)CCCC(C)C2C)nc1. The number of rotatable bonds is 3. The second kappa shape index (κ2) is 5.40. The van der Waals surface area contributed by atoms with E-state index in [2.05, 4.69) is 37.9 Å². The molecular formula is C16H25NO. The largest absolute Gasteiger partial charge is 0.389 e. The first kappa shape index (κ1) is 13.5. The number of aryl methyl sites for hydroxylation is 1. The predicted octanol–water partition coefficient (Wildman–Crippen LogP) is 3.37. The van der Waals surface area contributed by atoms with E-state index in [-0.39, 0.29) is 0 Å². The van der Waals surface area contributed by atoms with Crippen molar-refractivity contribution in [2.24, 2.45) is 11.8 Å². The Labute approximate surface area is 110 Å². The highest BCUT2D eigenvalue weighted by molar-refractivity contribution is 5.16. The summed E-state index contributed by atoms with van der Waals surface area (Å²) < 4.78 is 0. The van der Waals surface area contributed by atoms with Crippen LogP contribution in [0.2, 0.25) is 0 Å². The standard InChI is InChI=1S/C16H25NO/c1-4-14-7-8-15(17-11-14)10-16(18)9-5-6-12(2)13(16)3/h7-8,11-13,18H,4-6,9-10H2,1-3H3. The summed E-state index contributed by atoms with van der Waals surface area (Å²) in [5.41, 5.74) is 1.73. The quantitative estimate of drug-likeness (QED) is 0.888. The van der Waals surface area contributed by atoms with Gasteiger partial charge in [0.05, 0.1) is 5.60 Å². The molecule has 0 bridgehead atoms. The molecule has 0 aliphatic heterocycles. The number of hydrogen-bond donors (Lipinski definition) is 1. The van der Waals surface area contributed by atoms with Crippen molar-refractivity contribution in [2.45, 2.75) is 58.5 Å². The first-order chi connectivity index (χ1) is 8.55. The molecule has 2 nitrogen and oxygen atoms in total. The van der Waals surface area contributed by atoms with Gasteiger partial charge in [-0.2, -0.15) is 0 Å². The summed E-state index contributed by atoms with van der Waals surface area (Å²) in [5, 5.41) is 10.9. The molecule has 1 aliphatic carbocycles. The van der Waals surface area contributed by atoms with Crippen molar-refractivity contribution in [3.05, 3.63) is 29.6 Å². The molecule has 0 amide bonds. The van der Waals surface area contributed by atoms with E-state index in [0.29, 0.717) is 18.3 Å². The molecule has 1 aromatic rings. The lowest BCUT2D eigenvalue weighted by Gasteiger charge is -2.42. The van der Waals surface area contributed by atoms with Crippen molar-refractivity contribution in [1.82, 2.24) is 4.98 Å². The maximum Gasteiger partial charge on any atom is 0.0730 e. The maximum absolute atomic E-state index is 10.9. The van der Waals surface area contributed by atoms with Gasteiger partial charge in [0, 0.05) is 18.3 Å². The van der Waals surface area contributed by atoms with Gasteiger partial charge in [-0.25, -0.2) is 0 Å². The van der Waals surface area contributed by atoms with Crippen LogP contribution in [0, 0.1) is 11.8 Å². The van der Waals surface area contributed by atoms with Crippen LogP contribution in [0.25, 0.3) is 0 Å². The van der Waals surface area contributed by atoms with Gasteiger partial charge in [-0.3, -0.25) is 4.98 Å². The molecule has 1 aliphatic rings. The van der Waals surface area contributed by atoms with E-state index in [4.69, 9.17) is 0 Å². The van der Waals surface area contributed by atoms with Crippen molar-refractivity contribution in [3.8, 4) is 0 Å². The lowest BCUT2D eigenvalue weighted by molar-refractivity contribution is -0.0627. The number of aromatic nitrogens is 1. The van der Waals surface area contributed by atoms with Gasteiger partial charge in [-0.15, -0.1) is 0 Å². The topological polar surface area (TPSA) is 33.1 Å². The highest BCUT2D eigenvalue weighted by Crippen LogP contribution is 2.39. The van der Waals surface area contributed by atoms with Gasteiger partial charge < -0.3 is 5.11 Å². The Kier molecular flexibility index (Phi) is 4.06. The number of hydrogen-bond acceptors (Lipinski definition) is 2. The fraction of sp³-hybridized carbons (Fsp3) is 0.688. The summed E-state index contributed by atoms with van der Waals surface area (Å²) in [7, 11) is 0. The maximum atomic E-state index is 10.9. The Balaban J connectivity index is 2.10. The van der Waals surface area contributed by atoms with Crippen LogP contribution in [0.5, 0.6) is 0 Å². The second-order valence-electron chi connectivity index (χ2n) is 5.95. The van der Waals surface area contributed by atoms with E-state index < -0.39 is 5.60 Å². The Hall–Kier alpha value is -0.890. The van der Waals surface area contributed by atoms with Crippen molar-refractivity contribution in [3.63, 3.8) is 0 Å². The molecule has 1 fully saturated rings. The average Bonchev–Trinajstić information content (AvgIpc) is 2.37. The van der Waals surface area contributed by atoms with Crippen LogP contribution >= 0.6 is 0 Å². The summed E-state index contributed by atoms with van der Waals surface area (Å²) >= 11 is 0. The molecule has 3 atom stereocenters. The number of nitrogens with zero attached hydrogens (tertiary/aromatic N) is 1. The predicted molar refractivity (Wildman–Crippen MR) is 74.4 cm³/mol. The summed E-state index contributed by atoms with van der Waals surface area (Å²) in [4.78, 5) is 4.49.